The van der Waals surface area contributed by atoms with Crippen LogP contribution in [0.3, 0.4) is 0 Å². The number of aromatic nitrogens is 3. The summed E-state index contributed by atoms with van der Waals surface area (Å²) in [6, 6.07) is 26.6. The maximum Gasteiger partial charge on any atom is 0.433 e. The number of nitrogens with two attached hydrogens (primary N) is 1. The van der Waals surface area contributed by atoms with Crippen LogP contribution in [0.2, 0.25) is 5.02 Å². The molecule has 2 aromatic heterocycles. The van der Waals surface area contributed by atoms with Crippen LogP contribution in [0, 0.1) is 27.2 Å². The van der Waals surface area contributed by atoms with E-state index in [1.807, 2.05) is 6.07 Å². The number of benzene rings is 5. The Morgan fingerprint density at radius 2 is 1.23 bits per heavy atom. The number of pyridine rings is 1. The number of H-pyrrole nitrogens is 1. The third kappa shape index (κ3) is 16.6. The Morgan fingerprint density at radius 3 is 1.76 bits per heavy atom. The van der Waals surface area contributed by atoms with Crippen LogP contribution >= 0.6 is 11.6 Å². The van der Waals surface area contributed by atoms with Gasteiger partial charge in [-0.3, -0.25) is 53.8 Å². The Hall–Kier alpha value is -9.31. The van der Waals surface area contributed by atoms with Gasteiger partial charge in [0.25, 0.3) is 17.3 Å². The van der Waals surface area contributed by atoms with Crippen molar-refractivity contribution in [1.29, 1.82) is 0 Å². The molecule has 0 unspecified atom stereocenters. The number of carbonyl (C=O) groups excluding carboxylic acids is 7. The second-order valence-corrected chi connectivity index (χ2v) is 16.7. The predicted molar refractivity (Wildman–Crippen MR) is 274 cm³/mol. The average Bonchev–Trinajstić information content (AvgIpc) is 3.75. The number of alkyl halides is 3. The molecule has 19 nitrogen and oxygen atoms in total. The molecule has 75 heavy (non-hydrogen) atoms. The zero-order chi connectivity index (χ0) is 56.1. The highest BCUT2D eigenvalue weighted by Gasteiger charge is 2.33. The predicted octanol–water partition coefficient (Wildman–Crippen LogP) is 11.2. The van der Waals surface area contributed by atoms with E-state index in [0.29, 0.717) is 61.8 Å². The topological polar surface area (TPSA) is 297 Å². The van der Waals surface area contributed by atoms with Gasteiger partial charge in [0.1, 0.15) is 28.7 Å². The van der Waals surface area contributed by atoms with Gasteiger partial charge in [0.2, 0.25) is 5.91 Å². The summed E-state index contributed by atoms with van der Waals surface area (Å²) in [5.74, 6) is -0.932. The number of aromatic amines is 1. The quantitative estimate of drug-likeness (QED) is 0.0383. The molecule has 0 aliphatic carbocycles. The lowest BCUT2D eigenvalue weighted by atomic mass is 10.0. The molecule has 2 amide bonds. The minimum absolute atomic E-state index is 0.0118. The largest absolute Gasteiger partial charge is 0.433 e. The third-order valence-electron chi connectivity index (χ3n) is 10.3. The Bertz CT molecular complexity index is 3410. The van der Waals surface area contributed by atoms with E-state index < -0.39 is 33.5 Å². The number of amides is 2. The molecule has 0 saturated carbocycles. The van der Waals surface area contributed by atoms with E-state index in [9.17, 15) is 67.0 Å². The van der Waals surface area contributed by atoms with E-state index in [4.69, 9.17) is 17.3 Å². The molecule has 7 aromatic rings. The van der Waals surface area contributed by atoms with Gasteiger partial charge in [0.15, 0.2) is 23.1 Å². The van der Waals surface area contributed by atoms with E-state index >= 15 is 0 Å². The zero-order valence-electron chi connectivity index (χ0n) is 41.0. The minimum Gasteiger partial charge on any atom is -0.393 e. The first-order chi connectivity index (χ1) is 35.0. The summed E-state index contributed by atoms with van der Waals surface area (Å²) in [5, 5.41) is 26.3. The molecule has 0 bridgehead atoms. The summed E-state index contributed by atoms with van der Waals surface area (Å²) >= 11 is 6.34. The van der Waals surface area contributed by atoms with Gasteiger partial charge in [-0.05, 0) is 126 Å². The monoisotopic (exact) mass is 1050 g/mol. The Kier molecular flexibility index (Phi) is 19.7. The molecule has 5 aromatic carbocycles. The van der Waals surface area contributed by atoms with Crippen molar-refractivity contribution in [2.75, 3.05) is 16.4 Å². The average molecular weight is 1050 g/mol. The van der Waals surface area contributed by atoms with E-state index in [1.165, 1.54) is 77.9 Å². The molecule has 5 N–H and O–H groups in total. The number of hydrogen-bond donors (Lipinski definition) is 4. The standard InChI is InChI=1S/C23H16ClF3N4O2.C11H12O2.C10H10N2O4.C8H8N2O3/c1-11-15(5-8-20(28-11)23(25,26)27)22(33)29-14-4-6-17(24)16(10-14)21-30-18-7-3-13(12(2)32)9-19(18)31-21;1-8(12)6-10-4-3-5-11(7-10)9(2)13;1-6(13)8-3-4-10(12(15)16)9(5-8)11-7(2)14;1-5(11)6-2-3-8(10(12)13)7(9)4-6/h3-10H,1-2H3,(H,29,33)(H,30,31);3-5,7H,6H2,1-2H3;3-5H,1-2H3,(H,11,14);2-4H,9H2,1H3. The van der Waals surface area contributed by atoms with Gasteiger partial charge >= 0.3 is 6.18 Å². The first kappa shape index (κ1) is 58.3. The number of rotatable bonds is 12. The van der Waals surface area contributed by atoms with Crippen molar-refractivity contribution >= 4 is 91.8 Å². The second-order valence-electron chi connectivity index (χ2n) is 16.3. The third-order valence-corrected chi connectivity index (χ3v) is 10.6. The van der Waals surface area contributed by atoms with Gasteiger partial charge < -0.3 is 21.4 Å². The van der Waals surface area contributed by atoms with Crippen molar-refractivity contribution in [2.24, 2.45) is 0 Å². The number of imidazole rings is 1. The molecule has 0 atom stereocenters. The molecule has 0 spiro atoms. The van der Waals surface area contributed by atoms with Crippen molar-refractivity contribution < 1.29 is 56.6 Å². The lowest BCUT2D eigenvalue weighted by molar-refractivity contribution is -0.384. The molecule has 0 fully saturated rings. The Morgan fingerprint density at radius 1 is 0.667 bits per heavy atom. The zero-order valence-corrected chi connectivity index (χ0v) is 41.7. The summed E-state index contributed by atoms with van der Waals surface area (Å²) < 4.78 is 38.5. The Labute approximate surface area is 430 Å². The van der Waals surface area contributed by atoms with E-state index in [0.717, 1.165) is 17.7 Å². The number of Topliss-reactive ketones (excluding diaryl/α,β-unsaturated/α-hetero) is 5. The van der Waals surface area contributed by atoms with Crippen LogP contribution in [0.5, 0.6) is 0 Å². The fourth-order valence-corrected chi connectivity index (χ4v) is 6.84. The van der Waals surface area contributed by atoms with Crippen molar-refractivity contribution in [1.82, 2.24) is 15.0 Å². The smallest absolute Gasteiger partial charge is 0.393 e. The van der Waals surface area contributed by atoms with Crippen molar-refractivity contribution in [2.45, 2.75) is 61.1 Å². The second kappa shape index (κ2) is 25.4. The maximum atomic E-state index is 12.8. The summed E-state index contributed by atoms with van der Waals surface area (Å²) in [7, 11) is 0. The van der Waals surface area contributed by atoms with Gasteiger partial charge in [-0.2, -0.15) is 13.2 Å². The lowest BCUT2D eigenvalue weighted by Gasteiger charge is -2.11. The van der Waals surface area contributed by atoms with E-state index in [-0.39, 0.29) is 62.9 Å². The number of fused-ring (bicyclic) bond motifs is 1. The molecule has 388 valence electrons. The number of aryl methyl sites for hydroxylation is 1. The first-order valence-electron chi connectivity index (χ1n) is 21.9. The molecule has 0 saturated heterocycles. The number of anilines is 3. The number of nitro groups is 2. The summed E-state index contributed by atoms with van der Waals surface area (Å²) in [5.41, 5.74) is 8.83. The maximum absolute atomic E-state index is 12.8. The van der Waals surface area contributed by atoms with Gasteiger partial charge in [-0.1, -0.05) is 29.8 Å². The molecule has 2 heterocycles. The van der Waals surface area contributed by atoms with Gasteiger partial charge in [-0.25, -0.2) is 9.97 Å². The Balaban J connectivity index is 0.000000241. The number of nitrogens with one attached hydrogen (secondary N) is 3. The van der Waals surface area contributed by atoms with Crippen LogP contribution in [-0.2, 0) is 22.2 Å². The molecular weight excluding hydrogens is 1010 g/mol. The highest BCUT2D eigenvalue weighted by atomic mass is 35.5. The minimum atomic E-state index is -4.59. The number of halogens is 4. The van der Waals surface area contributed by atoms with Crippen LogP contribution < -0.4 is 16.4 Å². The molecular formula is C52H46ClF3N8O11. The number of nitro benzene ring substituents is 2. The molecule has 0 radical (unpaired) electrons. The fraction of sp³-hybridized carbons (Fsp3) is 0.173. The molecule has 7 rings (SSSR count). The number of nitrogen functional groups attached to an aromatic ring is 1. The lowest BCUT2D eigenvalue weighted by Crippen LogP contribution is -2.16. The van der Waals surface area contributed by atoms with Gasteiger partial charge in [0, 0.05) is 59.0 Å². The van der Waals surface area contributed by atoms with Crippen molar-refractivity contribution in [3.05, 3.63) is 179 Å². The van der Waals surface area contributed by atoms with E-state index in [2.05, 4.69) is 25.6 Å². The van der Waals surface area contributed by atoms with Crippen LogP contribution in [0.1, 0.15) is 110 Å². The first-order valence-corrected chi connectivity index (χ1v) is 22.3. The molecule has 23 heteroatoms. The van der Waals surface area contributed by atoms with Gasteiger partial charge in [0.05, 0.1) is 37.2 Å². The van der Waals surface area contributed by atoms with Crippen LogP contribution in [0.15, 0.2) is 109 Å². The van der Waals surface area contributed by atoms with Crippen molar-refractivity contribution in [3.8, 4) is 11.4 Å². The highest BCUT2D eigenvalue weighted by molar-refractivity contribution is 6.33. The van der Waals surface area contributed by atoms with E-state index in [1.54, 1.807) is 61.5 Å². The summed E-state index contributed by atoms with van der Waals surface area (Å²) in [6.45, 7) is 9.83. The van der Waals surface area contributed by atoms with Crippen LogP contribution in [0.4, 0.5) is 41.6 Å². The fourth-order valence-electron chi connectivity index (χ4n) is 6.63. The van der Waals surface area contributed by atoms with Crippen LogP contribution in [-0.4, -0.2) is 65.5 Å². The number of carbonyl (C=O) groups is 7. The normalized spacial score (nSPS) is 10.5. The van der Waals surface area contributed by atoms with Crippen molar-refractivity contribution in [3.63, 3.8) is 0 Å². The van der Waals surface area contributed by atoms with Crippen LogP contribution in [0.25, 0.3) is 22.4 Å². The highest BCUT2D eigenvalue weighted by Crippen LogP contribution is 2.32. The molecule has 0 aliphatic rings. The number of hydrogen-bond acceptors (Lipinski definition) is 14. The van der Waals surface area contributed by atoms with Gasteiger partial charge in [-0.15, -0.1) is 0 Å². The number of ketones is 5. The number of nitrogens with zero attached hydrogens (tertiary/aromatic N) is 4. The summed E-state index contributed by atoms with van der Waals surface area (Å²) in [4.78, 5) is 110. The molecule has 0 aliphatic heterocycles. The summed E-state index contributed by atoms with van der Waals surface area (Å²) in [6.07, 6.45) is -4.19. The SMILES string of the molecule is CC(=O)Cc1cccc(C(C)=O)c1.CC(=O)Nc1cc(C(C)=O)ccc1[N+](=O)[O-].CC(=O)c1ccc([N+](=O)[O-])c(N)c1.CC(=O)c1ccc2nc(-c3cc(NC(=O)c4ccc(C(F)(F)F)nc4C)ccc3Cl)[nH]c2c1.